The Morgan fingerprint density at radius 2 is 1.86 bits per heavy atom. The number of amides is 2. The van der Waals surface area contributed by atoms with Crippen LogP contribution >= 0.6 is 0 Å². The number of aliphatic carboxylic acids is 1. The van der Waals surface area contributed by atoms with Crippen molar-refractivity contribution in [1.29, 1.82) is 0 Å². The molecule has 1 aromatic carbocycles. The third kappa shape index (κ3) is 3.50. The largest absolute Gasteiger partial charge is 0.496 e. The highest BCUT2D eigenvalue weighted by molar-refractivity contribution is 5.90. The molecule has 1 saturated heterocycles. The molecule has 6 nitrogen and oxygen atoms in total. The number of carboxylic acids is 1. The number of aryl methyl sites for hydroxylation is 2. The number of carbonyl (C=O) groups excluding carboxylic acids is 1. The maximum Gasteiger partial charge on any atom is 0.321 e. The number of hydrogen-bond donors (Lipinski definition) is 2. The van der Waals surface area contributed by atoms with Crippen molar-refractivity contribution in [3.05, 3.63) is 23.3 Å². The van der Waals surface area contributed by atoms with Gasteiger partial charge in [-0.25, -0.2) is 4.79 Å². The molecule has 0 radical (unpaired) electrons. The number of carbonyl (C=O) groups is 2. The second kappa shape index (κ2) is 6.68. The van der Waals surface area contributed by atoms with Crippen LogP contribution < -0.4 is 10.1 Å². The predicted molar refractivity (Wildman–Crippen MR) is 83.4 cm³/mol. The predicted octanol–water partition coefficient (Wildman–Crippen LogP) is 2.64. The maximum atomic E-state index is 12.3. The molecule has 6 heteroatoms. The summed E-state index contributed by atoms with van der Waals surface area (Å²) in [5, 5.41) is 11.9. The van der Waals surface area contributed by atoms with E-state index in [0.717, 1.165) is 16.9 Å². The third-order valence-electron chi connectivity index (χ3n) is 4.11. The Hall–Kier alpha value is -2.24. The van der Waals surface area contributed by atoms with Crippen molar-refractivity contribution in [3.63, 3.8) is 0 Å². The highest BCUT2D eigenvalue weighted by Gasteiger charge is 2.27. The molecule has 1 aliphatic heterocycles. The Kier molecular flexibility index (Phi) is 4.90. The van der Waals surface area contributed by atoms with Crippen molar-refractivity contribution in [2.24, 2.45) is 5.92 Å². The van der Waals surface area contributed by atoms with Crippen LogP contribution in [0.5, 0.6) is 5.75 Å². The topological polar surface area (TPSA) is 78.9 Å². The number of benzene rings is 1. The van der Waals surface area contributed by atoms with Crippen LogP contribution in [-0.2, 0) is 4.79 Å². The van der Waals surface area contributed by atoms with Crippen molar-refractivity contribution in [3.8, 4) is 5.75 Å². The van der Waals surface area contributed by atoms with Gasteiger partial charge >= 0.3 is 12.0 Å². The smallest absolute Gasteiger partial charge is 0.321 e. The highest BCUT2D eigenvalue weighted by atomic mass is 16.5. The average Bonchev–Trinajstić information content (AvgIpc) is 2.50. The highest BCUT2D eigenvalue weighted by Crippen LogP contribution is 2.27. The van der Waals surface area contributed by atoms with Crippen molar-refractivity contribution in [2.45, 2.75) is 26.7 Å². The molecule has 1 heterocycles. The lowest BCUT2D eigenvalue weighted by molar-refractivity contribution is -0.143. The summed E-state index contributed by atoms with van der Waals surface area (Å²) in [5.41, 5.74) is 2.69. The van der Waals surface area contributed by atoms with Gasteiger partial charge in [-0.3, -0.25) is 4.79 Å². The normalized spacial score (nSPS) is 15.5. The molecule has 0 spiro atoms. The minimum atomic E-state index is -0.779. The molecule has 0 unspecified atom stereocenters. The minimum Gasteiger partial charge on any atom is -0.496 e. The summed E-state index contributed by atoms with van der Waals surface area (Å²) in [4.78, 5) is 24.9. The Bertz CT molecular complexity index is 578. The van der Waals surface area contributed by atoms with Crippen LogP contribution in [0.15, 0.2) is 12.1 Å². The molecule has 120 valence electrons. The van der Waals surface area contributed by atoms with Gasteiger partial charge < -0.3 is 20.1 Å². The van der Waals surface area contributed by atoms with Crippen LogP contribution in [0.4, 0.5) is 10.5 Å². The van der Waals surface area contributed by atoms with Crippen molar-refractivity contribution in [1.82, 2.24) is 4.90 Å². The van der Waals surface area contributed by atoms with E-state index in [0.29, 0.717) is 31.6 Å². The zero-order chi connectivity index (χ0) is 16.3. The molecule has 1 aromatic rings. The fraction of sp³-hybridized carbons (Fsp3) is 0.500. The van der Waals surface area contributed by atoms with Gasteiger partial charge in [0.1, 0.15) is 5.75 Å². The fourth-order valence-corrected chi connectivity index (χ4v) is 2.71. The Labute approximate surface area is 130 Å². The van der Waals surface area contributed by atoms with E-state index in [4.69, 9.17) is 9.84 Å². The summed E-state index contributed by atoms with van der Waals surface area (Å²) in [6.07, 6.45) is 0.998. The summed E-state index contributed by atoms with van der Waals surface area (Å²) in [6, 6.07) is 3.58. The van der Waals surface area contributed by atoms with Gasteiger partial charge in [0.25, 0.3) is 0 Å². The van der Waals surface area contributed by atoms with Gasteiger partial charge in [0.15, 0.2) is 0 Å². The van der Waals surface area contributed by atoms with E-state index < -0.39 is 5.97 Å². The SMILES string of the molecule is COc1cc(NC(=O)N2CCC(C(=O)O)CC2)c(C)cc1C. The van der Waals surface area contributed by atoms with Gasteiger partial charge in [0.05, 0.1) is 13.0 Å². The number of urea groups is 1. The van der Waals surface area contributed by atoms with E-state index in [2.05, 4.69) is 5.32 Å². The van der Waals surface area contributed by atoms with E-state index in [-0.39, 0.29) is 11.9 Å². The van der Waals surface area contributed by atoms with Gasteiger partial charge in [-0.1, -0.05) is 6.07 Å². The standard InChI is InChI=1S/C16H22N2O4/c1-10-8-11(2)14(22-3)9-13(10)17-16(21)18-6-4-12(5-7-18)15(19)20/h8-9,12H,4-7H2,1-3H3,(H,17,21)(H,19,20). The quantitative estimate of drug-likeness (QED) is 0.900. The van der Waals surface area contributed by atoms with Crippen molar-refractivity contribution in [2.75, 3.05) is 25.5 Å². The second-order valence-electron chi connectivity index (χ2n) is 5.67. The molecule has 1 aliphatic rings. The molecule has 1 fully saturated rings. The Morgan fingerprint density at radius 3 is 2.41 bits per heavy atom. The molecule has 0 aromatic heterocycles. The van der Waals surface area contributed by atoms with Gasteiger partial charge in [-0.05, 0) is 37.8 Å². The van der Waals surface area contributed by atoms with Gasteiger partial charge in [0, 0.05) is 24.8 Å². The number of likely N-dealkylation sites (tertiary alicyclic amines) is 1. The number of rotatable bonds is 3. The van der Waals surface area contributed by atoms with Crippen LogP contribution in [0, 0.1) is 19.8 Å². The lowest BCUT2D eigenvalue weighted by atomic mass is 9.97. The first kappa shape index (κ1) is 16.1. The first-order valence-corrected chi connectivity index (χ1v) is 7.36. The molecular weight excluding hydrogens is 284 g/mol. The van der Waals surface area contributed by atoms with Crippen molar-refractivity contribution < 1.29 is 19.4 Å². The molecule has 0 bridgehead atoms. The Balaban J connectivity index is 2.02. The van der Waals surface area contributed by atoms with E-state index in [1.807, 2.05) is 26.0 Å². The second-order valence-corrected chi connectivity index (χ2v) is 5.67. The zero-order valence-electron chi connectivity index (χ0n) is 13.2. The summed E-state index contributed by atoms with van der Waals surface area (Å²) < 4.78 is 5.28. The minimum absolute atomic E-state index is 0.196. The van der Waals surface area contributed by atoms with Crippen LogP contribution in [-0.4, -0.2) is 42.2 Å². The van der Waals surface area contributed by atoms with Gasteiger partial charge in [-0.15, -0.1) is 0 Å². The van der Waals surface area contributed by atoms with E-state index in [1.165, 1.54) is 0 Å². The van der Waals surface area contributed by atoms with Crippen molar-refractivity contribution >= 4 is 17.7 Å². The van der Waals surface area contributed by atoms with Crippen LogP contribution in [0.25, 0.3) is 0 Å². The van der Waals surface area contributed by atoms with Crippen LogP contribution in [0.1, 0.15) is 24.0 Å². The summed E-state index contributed by atoms with van der Waals surface area (Å²) >= 11 is 0. The number of carboxylic acid groups (broad SMARTS) is 1. The van der Waals surface area contributed by atoms with Crippen LogP contribution in [0.2, 0.25) is 0 Å². The van der Waals surface area contributed by atoms with Crippen LogP contribution in [0.3, 0.4) is 0 Å². The number of methoxy groups -OCH3 is 1. The molecule has 2 amide bonds. The zero-order valence-corrected chi connectivity index (χ0v) is 13.2. The summed E-state index contributed by atoms with van der Waals surface area (Å²) in [6.45, 7) is 4.81. The number of nitrogens with one attached hydrogen (secondary N) is 1. The van der Waals surface area contributed by atoms with E-state index in [9.17, 15) is 9.59 Å². The molecule has 2 rings (SSSR count). The van der Waals surface area contributed by atoms with E-state index in [1.54, 1.807) is 12.0 Å². The maximum absolute atomic E-state index is 12.3. The number of nitrogens with zero attached hydrogens (tertiary/aromatic N) is 1. The number of anilines is 1. The first-order chi connectivity index (χ1) is 10.4. The number of piperidine rings is 1. The lowest BCUT2D eigenvalue weighted by Gasteiger charge is -2.30. The summed E-state index contributed by atoms with van der Waals surface area (Å²) in [7, 11) is 1.60. The lowest BCUT2D eigenvalue weighted by Crippen LogP contribution is -2.42. The molecular formula is C16H22N2O4. The molecule has 22 heavy (non-hydrogen) atoms. The number of ether oxygens (including phenoxy) is 1. The van der Waals surface area contributed by atoms with Gasteiger partial charge in [0.2, 0.25) is 0 Å². The number of hydrogen-bond acceptors (Lipinski definition) is 3. The fourth-order valence-electron chi connectivity index (χ4n) is 2.71. The molecule has 0 atom stereocenters. The monoisotopic (exact) mass is 306 g/mol. The molecule has 2 N–H and O–H groups in total. The summed E-state index contributed by atoms with van der Waals surface area (Å²) in [5.74, 6) is -0.394. The average molecular weight is 306 g/mol. The molecule has 0 saturated carbocycles. The van der Waals surface area contributed by atoms with Gasteiger partial charge in [-0.2, -0.15) is 0 Å². The van der Waals surface area contributed by atoms with E-state index >= 15 is 0 Å². The Morgan fingerprint density at radius 1 is 1.23 bits per heavy atom. The first-order valence-electron chi connectivity index (χ1n) is 7.36. The third-order valence-corrected chi connectivity index (χ3v) is 4.11. The molecule has 0 aliphatic carbocycles.